The maximum absolute atomic E-state index is 10.2. The number of phenolic OH excluding ortho intramolecular Hbond substituents is 1. The average Bonchev–Trinajstić information content (AvgIpc) is 2.38. The minimum absolute atomic E-state index is 0. The van der Waals surface area contributed by atoms with E-state index in [4.69, 9.17) is 0 Å². The largest absolute Gasteiger partial charge is 0.508 e. The van der Waals surface area contributed by atoms with Gasteiger partial charge in [-0.15, -0.1) is 12.4 Å². The van der Waals surface area contributed by atoms with Gasteiger partial charge in [0.1, 0.15) is 5.75 Å². The molecule has 0 heterocycles. The number of benzene rings is 1. The van der Waals surface area contributed by atoms with Gasteiger partial charge in [0.05, 0.1) is 0 Å². The first-order chi connectivity index (χ1) is 8.77. The summed E-state index contributed by atoms with van der Waals surface area (Å²) in [5, 5.41) is 13.8. The van der Waals surface area contributed by atoms with E-state index < -0.39 is 0 Å². The number of aryl methyl sites for hydroxylation is 1. The van der Waals surface area contributed by atoms with E-state index in [0.717, 1.165) is 19.4 Å². The molecule has 2 rings (SSSR count). The lowest BCUT2D eigenvalue weighted by Crippen LogP contribution is -2.38. The number of phenols is 1. The number of rotatable bonds is 5. The van der Waals surface area contributed by atoms with Gasteiger partial charge in [0.15, 0.2) is 0 Å². The number of hydrogen-bond acceptors (Lipinski definition) is 2. The third kappa shape index (κ3) is 3.64. The zero-order valence-corrected chi connectivity index (χ0v) is 12.8. The van der Waals surface area contributed by atoms with Gasteiger partial charge in [0, 0.05) is 17.5 Å². The molecule has 108 valence electrons. The topological polar surface area (TPSA) is 32.3 Å². The molecule has 0 aromatic heterocycles. The highest BCUT2D eigenvalue weighted by molar-refractivity contribution is 5.85. The number of aromatic hydroxyl groups is 1. The Labute approximate surface area is 123 Å². The molecule has 19 heavy (non-hydrogen) atoms. The Bertz CT molecular complexity index is 394. The van der Waals surface area contributed by atoms with E-state index in [0.29, 0.717) is 17.7 Å². The quantitative estimate of drug-likeness (QED) is 0.856. The van der Waals surface area contributed by atoms with Crippen LogP contribution in [-0.4, -0.2) is 17.7 Å². The highest BCUT2D eigenvalue weighted by Crippen LogP contribution is 2.40. The fourth-order valence-electron chi connectivity index (χ4n) is 3.19. The second-order valence-corrected chi connectivity index (χ2v) is 5.34. The molecule has 3 heteroatoms. The maximum atomic E-state index is 10.2. The second kappa shape index (κ2) is 7.76. The highest BCUT2D eigenvalue weighted by Gasteiger charge is 2.30. The minimum atomic E-state index is 0. The van der Waals surface area contributed by atoms with Crippen LogP contribution in [0.3, 0.4) is 0 Å². The van der Waals surface area contributed by atoms with Crippen LogP contribution >= 0.6 is 12.4 Å². The molecule has 0 amide bonds. The fraction of sp³-hybridized carbons (Fsp3) is 0.625. The Balaban J connectivity index is 0.00000180. The van der Waals surface area contributed by atoms with Gasteiger partial charge in [0.2, 0.25) is 0 Å². The zero-order valence-electron chi connectivity index (χ0n) is 12.0. The van der Waals surface area contributed by atoms with Gasteiger partial charge in [0.25, 0.3) is 0 Å². The van der Waals surface area contributed by atoms with Crippen molar-refractivity contribution in [2.45, 2.75) is 57.9 Å². The van der Waals surface area contributed by atoms with Crippen LogP contribution in [0.5, 0.6) is 5.75 Å². The molecule has 2 atom stereocenters. The predicted octanol–water partition coefficient (Wildman–Crippen LogP) is 4.01. The smallest absolute Gasteiger partial charge is 0.119 e. The number of nitrogens with one attached hydrogen (secondary N) is 1. The lowest BCUT2D eigenvalue weighted by molar-refractivity contribution is 0.355. The van der Waals surface area contributed by atoms with Gasteiger partial charge < -0.3 is 10.4 Å². The van der Waals surface area contributed by atoms with Crippen LogP contribution in [0.1, 0.15) is 56.6 Å². The molecule has 0 saturated heterocycles. The molecule has 0 radical (unpaired) electrons. The van der Waals surface area contributed by atoms with Crippen molar-refractivity contribution in [1.29, 1.82) is 0 Å². The molecule has 0 aliphatic heterocycles. The lowest BCUT2D eigenvalue weighted by Gasteiger charge is -2.34. The summed E-state index contributed by atoms with van der Waals surface area (Å²) in [5.41, 5.74) is 2.56. The molecule has 2 unspecified atom stereocenters. The molecule has 1 aliphatic carbocycles. The van der Waals surface area contributed by atoms with E-state index in [-0.39, 0.29) is 12.4 Å². The minimum Gasteiger partial charge on any atom is -0.508 e. The zero-order chi connectivity index (χ0) is 13.0. The van der Waals surface area contributed by atoms with Gasteiger partial charge in [-0.2, -0.15) is 0 Å². The third-order valence-corrected chi connectivity index (χ3v) is 4.01. The number of hydrogen-bond donors (Lipinski definition) is 2. The van der Waals surface area contributed by atoms with Gasteiger partial charge in [-0.25, -0.2) is 0 Å². The van der Waals surface area contributed by atoms with E-state index in [1.807, 2.05) is 12.1 Å². The summed E-state index contributed by atoms with van der Waals surface area (Å²) in [7, 11) is 0. The summed E-state index contributed by atoms with van der Waals surface area (Å²) < 4.78 is 0. The summed E-state index contributed by atoms with van der Waals surface area (Å²) in [5.74, 6) is 0.973. The second-order valence-electron chi connectivity index (χ2n) is 5.34. The number of fused-ring (bicyclic) bond motifs is 1. The first kappa shape index (κ1) is 16.3. The first-order valence-electron chi connectivity index (χ1n) is 7.32. The SMILES string of the molecule is CCCNC1CCc2cccc(O)c2C1CCC.Cl. The Morgan fingerprint density at radius 2 is 2.05 bits per heavy atom. The van der Waals surface area contributed by atoms with Crippen LogP contribution < -0.4 is 5.32 Å². The van der Waals surface area contributed by atoms with Crippen molar-refractivity contribution in [3.8, 4) is 5.75 Å². The van der Waals surface area contributed by atoms with Crippen LogP contribution in [0.15, 0.2) is 18.2 Å². The molecule has 0 spiro atoms. The maximum Gasteiger partial charge on any atom is 0.119 e. The summed E-state index contributed by atoms with van der Waals surface area (Å²) in [6, 6.07) is 6.51. The Morgan fingerprint density at radius 3 is 2.74 bits per heavy atom. The normalized spacial score (nSPS) is 21.6. The van der Waals surface area contributed by atoms with E-state index in [9.17, 15) is 5.11 Å². The Kier molecular flexibility index (Phi) is 6.67. The van der Waals surface area contributed by atoms with Crippen molar-refractivity contribution in [3.63, 3.8) is 0 Å². The van der Waals surface area contributed by atoms with Gasteiger partial charge in [-0.1, -0.05) is 32.4 Å². The Hall–Kier alpha value is -0.730. The van der Waals surface area contributed by atoms with E-state index in [1.165, 1.54) is 30.4 Å². The van der Waals surface area contributed by atoms with Crippen molar-refractivity contribution in [3.05, 3.63) is 29.3 Å². The molecule has 1 aromatic carbocycles. The van der Waals surface area contributed by atoms with Crippen molar-refractivity contribution in [2.75, 3.05) is 6.54 Å². The van der Waals surface area contributed by atoms with Crippen molar-refractivity contribution in [1.82, 2.24) is 5.32 Å². The summed E-state index contributed by atoms with van der Waals surface area (Å²) in [4.78, 5) is 0. The van der Waals surface area contributed by atoms with Crippen LogP contribution in [-0.2, 0) is 6.42 Å². The standard InChI is InChI=1S/C16H25NO.ClH/c1-3-6-13-14(17-11-4-2)10-9-12-7-5-8-15(18)16(12)13;/h5,7-8,13-14,17-18H,3-4,6,9-11H2,1-2H3;1H. The lowest BCUT2D eigenvalue weighted by atomic mass is 9.76. The first-order valence-corrected chi connectivity index (χ1v) is 7.32. The van der Waals surface area contributed by atoms with Crippen LogP contribution in [0.25, 0.3) is 0 Å². The molecule has 1 aromatic rings. The average molecular weight is 284 g/mol. The van der Waals surface area contributed by atoms with Gasteiger partial charge >= 0.3 is 0 Å². The van der Waals surface area contributed by atoms with Crippen LogP contribution in [0.4, 0.5) is 0 Å². The molecule has 1 aliphatic rings. The number of halogens is 1. The molecule has 2 nitrogen and oxygen atoms in total. The van der Waals surface area contributed by atoms with Crippen molar-refractivity contribution >= 4 is 12.4 Å². The summed E-state index contributed by atoms with van der Waals surface area (Å²) in [6.07, 6.45) is 5.78. The molecule has 0 bridgehead atoms. The molecule has 0 saturated carbocycles. The predicted molar refractivity (Wildman–Crippen MR) is 83.4 cm³/mol. The van der Waals surface area contributed by atoms with Crippen LogP contribution in [0.2, 0.25) is 0 Å². The fourth-order valence-corrected chi connectivity index (χ4v) is 3.19. The van der Waals surface area contributed by atoms with Gasteiger partial charge in [-0.05, 0) is 43.9 Å². The molecule has 2 N–H and O–H groups in total. The van der Waals surface area contributed by atoms with Crippen LogP contribution in [0, 0.1) is 0 Å². The van der Waals surface area contributed by atoms with E-state index in [1.54, 1.807) is 0 Å². The van der Waals surface area contributed by atoms with Crippen molar-refractivity contribution < 1.29 is 5.11 Å². The van der Waals surface area contributed by atoms with Gasteiger partial charge in [-0.3, -0.25) is 0 Å². The van der Waals surface area contributed by atoms with E-state index in [2.05, 4.69) is 25.2 Å². The highest BCUT2D eigenvalue weighted by atomic mass is 35.5. The van der Waals surface area contributed by atoms with Crippen molar-refractivity contribution in [2.24, 2.45) is 0 Å². The summed E-state index contributed by atoms with van der Waals surface area (Å²) >= 11 is 0. The monoisotopic (exact) mass is 283 g/mol. The Morgan fingerprint density at radius 1 is 1.26 bits per heavy atom. The third-order valence-electron chi connectivity index (χ3n) is 4.01. The molecular weight excluding hydrogens is 258 g/mol. The van der Waals surface area contributed by atoms with E-state index >= 15 is 0 Å². The summed E-state index contributed by atoms with van der Waals surface area (Å²) in [6.45, 7) is 5.51. The molecular formula is C16H26ClNO. The molecule has 0 fully saturated rings.